The Morgan fingerprint density at radius 1 is 1.05 bits per heavy atom. The third-order valence-corrected chi connectivity index (χ3v) is 4.53. The fourth-order valence-corrected chi connectivity index (χ4v) is 2.97. The van der Waals surface area contributed by atoms with Crippen molar-refractivity contribution in [2.24, 2.45) is 0 Å². The molecule has 1 atom stereocenters. The minimum absolute atomic E-state index is 0.141. The van der Waals surface area contributed by atoms with E-state index in [-0.39, 0.29) is 17.1 Å². The summed E-state index contributed by atoms with van der Waals surface area (Å²) >= 11 is 0. The van der Waals surface area contributed by atoms with E-state index in [0.717, 1.165) is 12.8 Å². The van der Waals surface area contributed by atoms with Crippen LogP contribution in [0.1, 0.15) is 64.6 Å². The lowest BCUT2D eigenvalue weighted by atomic mass is 9.81. The third-order valence-electron chi connectivity index (χ3n) is 4.53. The number of hydrogen-bond acceptors (Lipinski definition) is 2. The zero-order chi connectivity index (χ0) is 15.4. The van der Waals surface area contributed by atoms with Gasteiger partial charge in [0.25, 0.3) is 0 Å². The molecule has 0 fully saturated rings. The molecule has 1 rings (SSSR count). The van der Waals surface area contributed by atoms with E-state index in [1.165, 1.54) is 11.1 Å². The highest BCUT2D eigenvalue weighted by Gasteiger charge is 2.35. The summed E-state index contributed by atoms with van der Waals surface area (Å²) in [5.74, 6) is 0. The molecule has 2 nitrogen and oxygen atoms in total. The van der Waals surface area contributed by atoms with E-state index in [4.69, 9.17) is 4.74 Å². The Morgan fingerprint density at radius 2 is 1.55 bits per heavy atom. The Bertz CT molecular complexity index is 390. The number of likely N-dealkylation sites (N-methyl/N-ethyl adjacent to an activating group) is 1. The van der Waals surface area contributed by atoms with Crippen LogP contribution < -0.4 is 5.32 Å². The minimum Gasteiger partial charge on any atom is -0.376 e. The second kappa shape index (κ2) is 6.73. The molecule has 0 aliphatic carbocycles. The normalized spacial score (nSPS) is 14.3. The predicted octanol–water partition coefficient (Wildman–Crippen LogP) is 4.45. The maximum absolute atomic E-state index is 5.88. The van der Waals surface area contributed by atoms with E-state index in [1.807, 2.05) is 14.2 Å². The summed E-state index contributed by atoms with van der Waals surface area (Å²) in [6.45, 7) is 11.1. The van der Waals surface area contributed by atoms with Crippen LogP contribution in [0.15, 0.2) is 24.3 Å². The lowest BCUT2D eigenvalue weighted by molar-refractivity contribution is -0.0467. The van der Waals surface area contributed by atoms with Crippen molar-refractivity contribution in [3.8, 4) is 0 Å². The van der Waals surface area contributed by atoms with Crippen molar-refractivity contribution in [2.45, 2.75) is 64.5 Å². The summed E-state index contributed by atoms with van der Waals surface area (Å²) in [6, 6.07) is 9.18. The molecule has 0 heterocycles. The third kappa shape index (κ3) is 3.42. The van der Waals surface area contributed by atoms with Crippen LogP contribution in [0.2, 0.25) is 0 Å². The first-order valence-electron chi connectivity index (χ1n) is 7.67. The summed E-state index contributed by atoms with van der Waals surface area (Å²) in [5, 5.41) is 3.45. The zero-order valence-electron chi connectivity index (χ0n) is 14.2. The van der Waals surface area contributed by atoms with Crippen molar-refractivity contribution < 1.29 is 4.74 Å². The molecule has 0 spiro atoms. The van der Waals surface area contributed by atoms with Crippen molar-refractivity contribution >= 4 is 0 Å². The minimum atomic E-state index is -0.141. The maximum atomic E-state index is 5.88. The molecule has 0 aliphatic rings. The number of methoxy groups -OCH3 is 1. The molecule has 1 unspecified atom stereocenters. The van der Waals surface area contributed by atoms with Crippen LogP contribution in [0, 0.1) is 0 Å². The number of ether oxygens (including phenoxy) is 1. The SMILES string of the molecule is CCC(CC)(OC)C(NC)c1ccc(C(C)(C)C)cc1. The van der Waals surface area contributed by atoms with Crippen LogP contribution in [-0.2, 0) is 10.2 Å². The Hall–Kier alpha value is -0.860. The lowest BCUT2D eigenvalue weighted by Crippen LogP contribution is -2.43. The van der Waals surface area contributed by atoms with Gasteiger partial charge in [-0.3, -0.25) is 0 Å². The average Bonchev–Trinajstić information content (AvgIpc) is 2.44. The van der Waals surface area contributed by atoms with Gasteiger partial charge in [0.2, 0.25) is 0 Å². The van der Waals surface area contributed by atoms with Gasteiger partial charge in [-0.2, -0.15) is 0 Å². The molecule has 20 heavy (non-hydrogen) atoms. The number of rotatable bonds is 6. The van der Waals surface area contributed by atoms with Gasteiger partial charge in [0.05, 0.1) is 11.6 Å². The van der Waals surface area contributed by atoms with Crippen LogP contribution in [0.3, 0.4) is 0 Å². The monoisotopic (exact) mass is 277 g/mol. The first kappa shape index (κ1) is 17.2. The van der Waals surface area contributed by atoms with Gasteiger partial charge in [0.1, 0.15) is 0 Å². The molecular formula is C18H31NO. The van der Waals surface area contributed by atoms with Gasteiger partial charge in [-0.1, -0.05) is 58.9 Å². The van der Waals surface area contributed by atoms with Gasteiger partial charge in [-0.25, -0.2) is 0 Å². The molecule has 0 radical (unpaired) electrons. The van der Waals surface area contributed by atoms with Crippen LogP contribution in [0.5, 0.6) is 0 Å². The Kier molecular flexibility index (Phi) is 5.79. The second-order valence-electron chi connectivity index (χ2n) is 6.57. The summed E-state index contributed by atoms with van der Waals surface area (Å²) < 4.78 is 5.88. The van der Waals surface area contributed by atoms with E-state index in [1.54, 1.807) is 0 Å². The van der Waals surface area contributed by atoms with Crippen LogP contribution in [-0.4, -0.2) is 19.8 Å². The molecule has 2 heteroatoms. The smallest absolute Gasteiger partial charge is 0.0867 e. The largest absolute Gasteiger partial charge is 0.376 e. The van der Waals surface area contributed by atoms with E-state index in [9.17, 15) is 0 Å². The second-order valence-corrected chi connectivity index (χ2v) is 6.57. The molecule has 0 amide bonds. The highest BCUT2D eigenvalue weighted by molar-refractivity contribution is 5.30. The molecule has 114 valence electrons. The number of hydrogen-bond donors (Lipinski definition) is 1. The van der Waals surface area contributed by atoms with Crippen molar-refractivity contribution in [3.05, 3.63) is 35.4 Å². The van der Waals surface area contributed by atoms with E-state index < -0.39 is 0 Å². The Morgan fingerprint density at radius 3 is 1.85 bits per heavy atom. The molecule has 0 bridgehead atoms. The molecule has 0 saturated heterocycles. The van der Waals surface area contributed by atoms with Crippen LogP contribution in [0.4, 0.5) is 0 Å². The van der Waals surface area contributed by atoms with Crippen molar-refractivity contribution in [2.75, 3.05) is 14.2 Å². The average molecular weight is 277 g/mol. The Labute approximate surface area is 124 Å². The van der Waals surface area contributed by atoms with Gasteiger partial charge in [0, 0.05) is 7.11 Å². The molecule has 0 saturated carbocycles. The van der Waals surface area contributed by atoms with Gasteiger partial charge in [-0.05, 0) is 36.4 Å². The molecule has 1 aromatic rings. The topological polar surface area (TPSA) is 21.3 Å². The molecule has 1 aromatic carbocycles. The quantitative estimate of drug-likeness (QED) is 0.829. The van der Waals surface area contributed by atoms with E-state index >= 15 is 0 Å². The molecular weight excluding hydrogens is 246 g/mol. The summed E-state index contributed by atoms with van der Waals surface area (Å²) in [7, 11) is 3.84. The lowest BCUT2D eigenvalue weighted by Gasteiger charge is -2.38. The first-order chi connectivity index (χ1) is 9.34. The summed E-state index contributed by atoms with van der Waals surface area (Å²) in [4.78, 5) is 0. The van der Waals surface area contributed by atoms with Crippen LogP contribution in [0.25, 0.3) is 0 Å². The zero-order valence-corrected chi connectivity index (χ0v) is 14.2. The summed E-state index contributed by atoms with van der Waals surface area (Å²) in [6.07, 6.45) is 1.99. The highest BCUT2D eigenvalue weighted by atomic mass is 16.5. The van der Waals surface area contributed by atoms with Gasteiger partial charge < -0.3 is 10.1 Å². The fraction of sp³-hybridized carbons (Fsp3) is 0.667. The standard InChI is InChI=1S/C18H31NO/c1-8-18(9-2,20-7)16(19-6)14-10-12-15(13-11-14)17(3,4)5/h10-13,16,19H,8-9H2,1-7H3. The van der Waals surface area contributed by atoms with Gasteiger partial charge in [-0.15, -0.1) is 0 Å². The van der Waals surface area contributed by atoms with Crippen molar-refractivity contribution in [1.82, 2.24) is 5.32 Å². The first-order valence-corrected chi connectivity index (χ1v) is 7.67. The van der Waals surface area contributed by atoms with Gasteiger partial charge in [0.15, 0.2) is 0 Å². The molecule has 0 aromatic heterocycles. The highest BCUT2D eigenvalue weighted by Crippen LogP contribution is 2.35. The Balaban J connectivity index is 3.13. The number of nitrogens with one attached hydrogen (secondary N) is 1. The number of benzene rings is 1. The van der Waals surface area contributed by atoms with Crippen molar-refractivity contribution in [1.29, 1.82) is 0 Å². The molecule has 1 N–H and O–H groups in total. The molecule has 0 aliphatic heterocycles. The predicted molar refractivity (Wildman–Crippen MR) is 87.3 cm³/mol. The van der Waals surface area contributed by atoms with E-state index in [0.29, 0.717) is 0 Å². The summed E-state index contributed by atoms with van der Waals surface area (Å²) in [5.41, 5.74) is 2.72. The fourth-order valence-electron chi connectivity index (χ4n) is 2.97. The maximum Gasteiger partial charge on any atom is 0.0867 e. The van der Waals surface area contributed by atoms with Crippen molar-refractivity contribution in [3.63, 3.8) is 0 Å². The van der Waals surface area contributed by atoms with E-state index in [2.05, 4.69) is 64.2 Å². The van der Waals surface area contributed by atoms with Gasteiger partial charge >= 0.3 is 0 Å². The van der Waals surface area contributed by atoms with Crippen LogP contribution >= 0.6 is 0 Å².